The van der Waals surface area contributed by atoms with Gasteiger partial charge in [0.2, 0.25) is 0 Å². The summed E-state index contributed by atoms with van der Waals surface area (Å²) in [6, 6.07) is 13.2. The van der Waals surface area contributed by atoms with E-state index in [1.54, 1.807) is 18.3 Å². The summed E-state index contributed by atoms with van der Waals surface area (Å²) in [6.45, 7) is 1.38. The Labute approximate surface area is 138 Å². The minimum absolute atomic E-state index is 0.580. The van der Waals surface area contributed by atoms with Gasteiger partial charge in [0, 0.05) is 29.5 Å². The third kappa shape index (κ3) is 3.69. The van der Waals surface area contributed by atoms with Crippen LogP contribution in [0.1, 0.15) is 11.3 Å². The van der Waals surface area contributed by atoms with Gasteiger partial charge in [0.1, 0.15) is 11.5 Å². The van der Waals surface area contributed by atoms with Gasteiger partial charge in [0.25, 0.3) is 0 Å². The highest BCUT2D eigenvalue weighted by atomic mass is 35.5. The first-order chi connectivity index (χ1) is 10.7. The van der Waals surface area contributed by atoms with E-state index in [1.165, 1.54) is 0 Å². The standard InChI is InChI=1S/C17H14Cl2N2O/c18-13-3-5-15(16(19)8-13)17-6-4-14(22-17)11-21-10-12-2-1-7-20-9-12/h1-9,21H,10-11H2. The van der Waals surface area contributed by atoms with Gasteiger partial charge in [-0.2, -0.15) is 0 Å². The Morgan fingerprint density at radius 1 is 1.05 bits per heavy atom. The number of benzene rings is 1. The minimum Gasteiger partial charge on any atom is -0.460 e. The predicted octanol–water partition coefficient (Wildman–Crippen LogP) is 4.94. The van der Waals surface area contributed by atoms with Crippen molar-refractivity contribution in [3.8, 4) is 11.3 Å². The molecule has 3 aromatic rings. The van der Waals surface area contributed by atoms with Crippen molar-refractivity contribution in [1.82, 2.24) is 10.3 Å². The molecule has 3 rings (SSSR count). The van der Waals surface area contributed by atoms with E-state index in [9.17, 15) is 0 Å². The number of hydrogen-bond acceptors (Lipinski definition) is 3. The molecule has 1 aromatic carbocycles. The van der Waals surface area contributed by atoms with Gasteiger partial charge in [-0.05, 0) is 42.0 Å². The molecule has 0 bridgehead atoms. The molecule has 0 spiro atoms. The van der Waals surface area contributed by atoms with Crippen LogP contribution in [0.25, 0.3) is 11.3 Å². The Morgan fingerprint density at radius 3 is 2.73 bits per heavy atom. The van der Waals surface area contributed by atoms with Crippen molar-refractivity contribution in [1.29, 1.82) is 0 Å². The van der Waals surface area contributed by atoms with E-state index < -0.39 is 0 Å². The third-order valence-electron chi connectivity index (χ3n) is 3.21. The lowest BCUT2D eigenvalue weighted by Crippen LogP contribution is -2.12. The molecule has 0 radical (unpaired) electrons. The van der Waals surface area contributed by atoms with Crippen LogP contribution in [0.3, 0.4) is 0 Å². The molecule has 0 aliphatic carbocycles. The van der Waals surface area contributed by atoms with Crippen LogP contribution in [0.5, 0.6) is 0 Å². The van der Waals surface area contributed by atoms with Gasteiger partial charge in [0.15, 0.2) is 0 Å². The molecule has 0 fully saturated rings. The average molecular weight is 333 g/mol. The maximum absolute atomic E-state index is 6.19. The van der Waals surface area contributed by atoms with Crippen molar-refractivity contribution in [3.05, 3.63) is 76.2 Å². The van der Waals surface area contributed by atoms with E-state index >= 15 is 0 Å². The van der Waals surface area contributed by atoms with Crippen molar-refractivity contribution < 1.29 is 4.42 Å². The van der Waals surface area contributed by atoms with Crippen LogP contribution in [-0.4, -0.2) is 4.98 Å². The minimum atomic E-state index is 0.580. The Bertz CT molecular complexity index is 756. The second kappa shape index (κ2) is 6.97. The highest BCUT2D eigenvalue weighted by Gasteiger charge is 2.09. The summed E-state index contributed by atoms with van der Waals surface area (Å²) in [5.41, 5.74) is 1.97. The van der Waals surface area contributed by atoms with Crippen molar-refractivity contribution in [2.75, 3.05) is 0 Å². The number of aromatic nitrogens is 1. The Hall–Kier alpha value is -1.81. The molecule has 22 heavy (non-hydrogen) atoms. The molecule has 112 valence electrons. The third-order valence-corrected chi connectivity index (χ3v) is 3.76. The second-order valence-electron chi connectivity index (χ2n) is 4.85. The van der Waals surface area contributed by atoms with Gasteiger partial charge in [-0.3, -0.25) is 4.98 Å². The molecule has 0 atom stereocenters. The first kappa shape index (κ1) is 15.1. The van der Waals surface area contributed by atoms with E-state index in [0.29, 0.717) is 16.6 Å². The fourth-order valence-electron chi connectivity index (χ4n) is 2.14. The Balaban J connectivity index is 1.64. The van der Waals surface area contributed by atoms with Crippen LogP contribution >= 0.6 is 23.2 Å². The molecule has 0 saturated heterocycles. The molecule has 0 aliphatic rings. The van der Waals surface area contributed by atoms with E-state index in [-0.39, 0.29) is 0 Å². The van der Waals surface area contributed by atoms with Crippen molar-refractivity contribution in [2.45, 2.75) is 13.1 Å². The van der Waals surface area contributed by atoms with Gasteiger partial charge in [-0.15, -0.1) is 0 Å². The normalized spacial score (nSPS) is 10.8. The molecule has 0 unspecified atom stereocenters. The van der Waals surface area contributed by atoms with Crippen LogP contribution in [0.2, 0.25) is 10.0 Å². The van der Waals surface area contributed by atoms with Crippen molar-refractivity contribution >= 4 is 23.2 Å². The van der Waals surface area contributed by atoms with Crippen LogP contribution in [0.15, 0.2) is 59.3 Å². The first-order valence-electron chi connectivity index (χ1n) is 6.86. The molecule has 2 heterocycles. The van der Waals surface area contributed by atoms with Gasteiger partial charge in [-0.1, -0.05) is 29.3 Å². The number of hydrogen-bond donors (Lipinski definition) is 1. The molecular formula is C17H14Cl2N2O. The molecule has 0 aliphatic heterocycles. The summed E-state index contributed by atoms with van der Waals surface area (Å²) in [5, 5.41) is 4.51. The second-order valence-corrected chi connectivity index (χ2v) is 5.70. The maximum Gasteiger partial charge on any atom is 0.135 e. The SMILES string of the molecule is Clc1ccc(-c2ccc(CNCc3cccnc3)o2)c(Cl)c1. The van der Waals surface area contributed by atoms with Crippen LogP contribution in [0.4, 0.5) is 0 Å². The zero-order chi connectivity index (χ0) is 15.4. The summed E-state index contributed by atoms with van der Waals surface area (Å²) in [5.74, 6) is 1.59. The summed E-state index contributed by atoms with van der Waals surface area (Å²) >= 11 is 12.1. The number of furan rings is 1. The zero-order valence-electron chi connectivity index (χ0n) is 11.7. The van der Waals surface area contributed by atoms with Crippen molar-refractivity contribution in [3.63, 3.8) is 0 Å². The summed E-state index contributed by atoms with van der Waals surface area (Å²) in [6.07, 6.45) is 3.60. The molecule has 2 aromatic heterocycles. The predicted molar refractivity (Wildman–Crippen MR) is 88.9 cm³/mol. The van der Waals surface area contributed by atoms with E-state index in [0.717, 1.165) is 29.2 Å². The smallest absolute Gasteiger partial charge is 0.135 e. The van der Waals surface area contributed by atoms with Gasteiger partial charge >= 0.3 is 0 Å². The van der Waals surface area contributed by atoms with Gasteiger partial charge in [-0.25, -0.2) is 0 Å². The Kier molecular flexibility index (Phi) is 4.78. The topological polar surface area (TPSA) is 38.1 Å². The quantitative estimate of drug-likeness (QED) is 0.719. The molecule has 5 heteroatoms. The number of halogens is 2. The fourth-order valence-corrected chi connectivity index (χ4v) is 2.64. The lowest BCUT2D eigenvalue weighted by molar-refractivity contribution is 0.493. The largest absolute Gasteiger partial charge is 0.460 e. The zero-order valence-corrected chi connectivity index (χ0v) is 13.2. The lowest BCUT2D eigenvalue weighted by atomic mass is 10.2. The fraction of sp³-hybridized carbons (Fsp3) is 0.118. The number of nitrogens with zero attached hydrogens (tertiary/aromatic N) is 1. The molecule has 3 nitrogen and oxygen atoms in total. The molecule has 1 N–H and O–H groups in total. The first-order valence-corrected chi connectivity index (χ1v) is 7.62. The molecular weight excluding hydrogens is 319 g/mol. The lowest BCUT2D eigenvalue weighted by Gasteiger charge is -2.03. The monoisotopic (exact) mass is 332 g/mol. The van der Waals surface area contributed by atoms with Crippen LogP contribution < -0.4 is 5.32 Å². The summed E-state index contributed by atoms with van der Waals surface area (Å²) in [4.78, 5) is 4.08. The highest BCUT2D eigenvalue weighted by molar-refractivity contribution is 6.36. The van der Waals surface area contributed by atoms with Crippen LogP contribution in [0, 0.1) is 0 Å². The van der Waals surface area contributed by atoms with E-state index in [2.05, 4.69) is 10.3 Å². The van der Waals surface area contributed by atoms with Gasteiger partial charge in [0.05, 0.1) is 11.6 Å². The van der Waals surface area contributed by atoms with E-state index in [1.807, 2.05) is 36.5 Å². The van der Waals surface area contributed by atoms with Crippen LogP contribution in [-0.2, 0) is 13.1 Å². The summed E-state index contributed by atoms with van der Waals surface area (Å²) in [7, 11) is 0. The Morgan fingerprint density at radius 2 is 1.95 bits per heavy atom. The summed E-state index contributed by atoms with van der Waals surface area (Å²) < 4.78 is 5.82. The van der Waals surface area contributed by atoms with Crippen molar-refractivity contribution in [2.24, 2.45) is 0 Å². The highest BCUT2D eigenvalue weighted by Crippen LogP contribution is 2.31. The molecule has 0 saturated carbocycles. The maximum atomic E-state index is 6.19. The number of nitrogens with one attached hydrogen (secondary N) is 1. The molecule has 0 amide bonds. The number of rotatable bonds is 5. The van der Waals surface area contributed by atoms with E-state index in [4.69, 9.17) is 27.6 Å². The average Bonchev–Trinajstić information content (AvgIpc) is 2.97. The number of pyridine rings is 1. The van der Waals surface area contributed by atoms with Gasteiger partial charge < -0.3 is 9.73 Å².